The number of nitrogens with zero attached hydrogens (tertiary/aromatic N) is 3. The maximum Gasteiger partial charge on any atom is 0.253 e. The van der Waals surface area contributed by atoms with Gasteiger partial charge in [-0.3, -0.25) is 9.59 Å². The number of imidazole rings is 1. The molecule has 2 aromatic carbocycles. The summed E-state index contributed by atoms with van der Waals surface area (Å²) < 4.78 is 1.92. The monoisotopic (exact) mass is 459 g/mol. The lowest BCUT2D eigenvalue weighted by atomic mass is 9.94. The molecule has 0 unspecified atom stereocenters. The average molecular weight is 460 g/mol. The summed E-state index contributed by atoms with van der Waals surface area (Å²) in [4.78, 5) is 31.3. The highest BCUT2D eigenvalue weighted by molar-refractivity contribution is 5.98. The molecule has 0 aliphatic heterocycles. The predicted molar refractivity (Wildman–Crippen MR) is 136 cm³/mol. The Morgan fingerprint density at radius 3 is 2.62 bits per heavy atom. The topological polar surface area (TPSA) is 93.2 Å². The highest BCUT2D eigenvalue weighted by Gasteiger charge is 2.24. The van der Waals surface area contributed by atoms with Crippen LogP contribution in [-0.4, -0.2) is 39.4 Å². The number of hydrogen-bond acceptors (Lipinski definition) is 4. The summed E-state index contributed by atoms with van der Waals surface area (Å²) in [5.41, 5.74) is 10.3. The van der Waals surface area contributed by atoms with Crippen LogP contribution in [0.3, 0.4) is 0 Å². The Balaban J connectivity index is 1.64. The molecule has 0 bridgehead atoms. The van der Waals surface area contributed by atoms with E-state index in [1.54, 1.807) is 0 Å². The molecule has 0 saturated heterocycles. The van der Waals surface area contributed by atoms with Crippen LogP contribution in [0.5, 0.6) is 0 Å². The number of rotatable bonds is 8. The van der Waals surface area contributed by atoms with E-state index in [0.29, 0.717) is 35.3 Å². The van der Waals surface area contributed by atoms with Gasteiger partial charge in [-0.1, -0.05) is 49.6 Å². The van der Waals surface area contributed by atoms with Crippen molar-refractivity contribution in [1.29, 1.82) is 0 Å². The predicted octanol–water partition coefficient (Wildman–Crippen LogP) is 4.71. The van der Waals surface area contributed by atoms with E-state index in [2.05, 4.69) is 11.9 Å². The van der Waals surface area contributed by atoms with E-state index in [0.717, 1.165) is 29.5 Å². The number of amides is 2. The summed E-state index contributed by atoms with van der Waals surface area (Å²) in [6, 6.07) is 13.9. The van der Waals surface area contributed by atoms with E-state index in [4.69, 9.17) is 10.7 Å². The summed E-state index contributed by atoms with van der Waals surface area (Å²) in [7, 11) is 1.90. The van der Waals surface area contributed by atoms with Crippen LogP contribution in [0.2, 0.25) is 0 Å². The lowest BCUT2D eigenvalue weighted by Crippen LogP contribution is -2.38. The molecule has 4 rings (SSSR count). The lowest BCUT2D eigenvalue weighted by molar-refractivity contribution is -0.118. The van der Waals surface area contributed by atoms with Crippen LogP contribution < -0.4 is 11.1 Å². The zero-order valence-electron chi connectivity index (χ0n) is 20.0. The van der Waals surface area contributed by atoms with Gasteiger partial charge in [0.2, 0.25) is 11.9 Å². The van der Waals surface area contributed by atoms with Crippen molar-refractivity contribution in [2.45, 2.75) is 58.0 Å². The molecule has 7 heteroatoms. The van der Waals surface area contributed by atoms with Crippen molar-refractivity contribution in [1.82, 2.24) is 14.5 Å². The van der Waals surface area contributed by atoms with Gasteiger partial charge in [-0.2, -0.15) is 0 Å². The number of carbonyl (C=O) groups excluding carboxylic acids is 2. The molecule has 1 aliphatic carbocycles. The van der Waals surface area contributed by atoms with Gasteiger partial charge in [0.1, 0.15) is 0 Å². The second-order valence-corrected chi connectivity index (χ2v) is 9.19. The van der Waals surface area contributed by atoms with Gasteiger partial charge in [-0.05, 0) is 49.6 Å². The van der Waals surface area contributed by atoms with E-state index >= 15 is 0 Å². The standard InChI is InChI=1S/C27H33N5O2/c1-18-8-7-9-20(16-18)19(2)29-27-30-23-17-21(12-13-24(23)32(27)15-14-25(28)33)26(34)31(3)22-10-5-4-6-11-22/h7-9,12-13,16-17,22H,2,4-6,10-11,14-15H2,1,3H3,(H2,28,33)(H,29,30). The number of nitrogens with one attached hydrogen (secondary N) is 1. The van der Waals surface area contributed by atoms with E-state index in [-0.39, 0.29) is 18.2 Å². The first-order valence-electron chi connectivity index (χ1n) is 11.9. The Hall–Kier alpha value is -3.61. The Bertz CT molecular complexity index is 1220. The third kappa shape index (κ3) is 5.14. The average Bonchev–Trinajstić information content (AvgIpc) is 3.18. The van der Waals surface area contributed by atoms with E-state index < -0.39 is 0 Å². The number of nitrogens with two attached hydrogens (primary N) is 1. The van der Waals surface area contributed by atoms with Gasteiger partial charge in [-0.15, -0.1) is 0 Å². The molecule has 0 spiro atoms. The third-order valence-electron chi connectivity index (χ3n) is 6.65. The van der Waals surface area contributed by atoms with Crippen molar-refractivity contribution in [3.8, 4) is 0 Å². The van der Waals surface area contributed by atoms with E-state index in [9.17, 15) is 9.59 Å². The second kappa shape index (κ2) is 10.1. The van der Waals surface area contributed by atoms with Crippen LogP contribution in [0.4, 0.5) is 5.95 Å². The number of hydrogen-bond donors (Lipinski definition) is 2. The molecule has 1 heterocycles. The first-order chi connectivity index (χ1) is 16.3. The lowest BCUT2D eigenvalue weighted by Gasteiger charge is -2.31. The maximum absolute atomic E-state index is 13.2. The molecule has 1 aliphatic rings. The summed E-state index contributed by atoms with van der Waals surface area (Å²) in [5.74, 6) is 0.193. The summed E-state index contributed by atoms with van der Waals surface area (Å²) >= 11 is 0. The van der Waals surface area contributed by atoms with Gasteiger partial charge < -0.3 is 20.5 Å². The van der Waals surface area contributed by atoms with Gasteiger partial charge in [0.15, 0.2) is 0 Å². The summed E-state index contributed by atoms with van der Waals surface area (Å²) in [6.45, 7) is 6.58. The largest absolute Gasteiger partial charge is 0.370 e. The summed E-state index contributed by atoms with van der Waals surface area (Å²) in [6.07, 6.45) is 5.89. The number of benzene rings is 2. The highest BCUT2D eigenvalue weighted by atomic mass is 16.2. The molecule has 0 atom stereocenters. The van der Waals surface area contributed by atoms with Crippen LogP contribution >= 0.6 is 0 Å². The Labute approximate surface area is 200 Å². The zero-order valence-corrected chi connectivity index (χ0v) is 20.0. The van der Waals surface area contributed by atoms with Crippen LogP contribution in [0.1, 0.15) is 60.0 Å². The second-order valence-electron chi connectivity index (χ2n) is 9.19. The minimum Gasteiger partial charge on any atom is -0.370 e. The van der Waals surface area contributed by atoms with Gasteiger partial charge in [0.05, 0.1) is 11.0 Å². The first-order valence-corrected chi connectivity index (χ1v) is 11.9. The third-order valence-corrected chi connectivity index (χ3v) is 6.65. The Morgan fingerprint density at radius 1 is 1.15 bits per heavy atom. The number of aryl methyl sites for hydroxylation is 2. The van der Waals surface area contributed by atoms with Crippen molar-refractivity contribution in [2.24, 2.45) is 5.73 Å². The minimum absolute atomic E-state index is 0.0131. The van der Waals surface area contributed by atoms with Crippen molar-refractivity contribution in [3.63, 3.8) is 0 Å². The molecule has 3 N–H and O–H groups in total. The molecule has 1 saturated carbocycles. The number of anilines is 1. The first kappa shape index (κ1) is 23.5. The fourth-order valence-electron chi connectivity index (χ4n) is 4.68. The molecular weight excluding hydrogens is 426 g/mol. The molecule has 2 amide bonds. The molecular formula is C27H33N5O2. The number of carbonyl (C=O) groups is 2. The van der Waals surface area contributed by atoms with Gasteiger partial charge >= 0.3 is 0 Å². The van der Waals surface area contributed by atoms with Crippen molar-refractivity contribution >= 4 is 34.5 Å². The van der Waals surface area contributed by atoms with Gasteiger partial charge in [-0.25, -0.2) is 4.98 Å². The SMILES string of the molecule is C=C(Nc1nc2cc(C(=O)N(C)C3CCCCC3)ccc2n1CCC(N)=O)c1cccc(C)c1. The number of aromatic nitrogens is 2. The minimum atomic E-state index is -0.383. The number of fused-ring (bicyclic) bond motifs is 1. The van der Waals surface area contributed by atoms with Crippen molar-refractivity contribution in [3.05, 3.63) is 65.7 Å². The smallest absolute Gasteiger partial charge is 0.253 e. The fraction of sp³-hybridized carbons (Fsp3) is 0.370. The Kier molecular flexibility index (Phi) is 7.01. The molecule has 3 aromatic rings. The summed E-state index contributed by atoms with van der Waals surface area (Å²) in [5, 5.41) is 3.30. The van der Waals surface area contributed by atoms with Gasteiger partial charge in [0, 0.05) is 37.3 Å². The van der Waals surface area contributed by atoms with Crippen LogP contribution in [0, 0.1) is 6.92 Å². The quantitative estimate of drug-likeness (QED) is 0.510. The fourth-order valence-corrected chi connectivity index (χ4v) is 4.68. The normalized spacial score (nSPS) is 14.2. The number of primary amides is 1. The highest BCUT2D eigenvalue weighted by Crippen LogP contribution is 2.27. The zero-order chi connectivity index (χ0) is 24.2. The molecule has 1 fully saturated rings. The van der Waals surface area contributed by atoms with Crippen LogP contribution in [0.25, 0.3) is 16.7 Å². The molecule has 34 heavy (non-hydrogen) atoms. The van der Waals surface area contributed by atoms with Crippen LogP contribution in [0.15, 0.2) is 49.0 Å². The molecule has 1 aromatic heterocycles. The van der Waals surface area contributed by atoms with E-state index in [1.807, 2.05) is 65.9 Å². The van der Waals surface area contributed by atoms with Crippen LogP contribution in [-0.2, 0) is 11.3 Å². The molecule has 0 radical (unpaired) electrons. The molecule has 178 valence electrons. The maximum atomic E-state index is 13.2. The van der Waals surface area contributed by atoms with E-state index in [1.165, 1.54) is 19.3 Å². The molecule has 7 nitrogen and oxygen atoms in total. The van der Waals surface area contributed by atoms with Crippen molar-refractivity contribution < 1.29 is 9.59 Å². The van der Waals surface area contributed by atoms with Crippen molar-refractivity contribution in [2.75, 3.05) is 12.4 Å². The Morgan fingerprint density at radius 2 is 1.91 bits per heavy atom. The van der Waals surface area contributed by atoms with Gasteiger partial charge in [0.25, 0.3) is 5.91 Å².